The van der Waals surface area contributed by atoms with Crippen LogP contribution in [0.5, 0.6) is 0 Å². The van der Waals surface area contributed by atoms with Crippen LogP contribution in [0.1, 0.15) is 10.4 Å². The van der Waals surface area contributed by atoms with Crippen LogP contribution in [0.15, 0.2) is 54.9 Å². The predicted molar refractivity (Wildman–Crippen MR) is 89.9 cm³/mol. The normalized spacial score (nSPS) is 11.9. The number of rotatable bonds is 4. The van der Waals surface area contributed by atoms with Gasteiger partial charge in [-0.1, -0.05) is 17.7 Å². The van der Waals surface area contributed by atoms with Crippen molar-refractivity contribution in [2.75, 3.05) is 4.41 Å². The fraction of sp³-hybridized carbons (Fsp3) is 0. The number of nitrogens with zero attached hydrogens (tertiary/aromatic N) is 3. The zero-order valence-electron chi connectivity index (χ0n) is 12.0. The molecular weight excluding hydrogens is 352 g/mol. The van der Waals surface area contributed by atoms with E-state index >= 15 is 0 Å². The molecular formula is C15H10ClN4O3S-. The van der Waals surface area contributed by atoms with Crippen molar-refractivity contribution in [3.8, 4) is 0 Å². The Bertz CT molecular complexity index is 915. The summed E-state index contributed by atoms with van der Waals surface area (Å²) in [7, 11) is 0. The van der Waals surface area contributed by atoms with E-state index in [0.717, 1.165) is 0 Å². The van der Waals surface area contributed by atoms with Crippen molar-refractivity contribution in [2.24, 2.45) is 0 Å². The molecule has 0 bridgehead atoms. The predicted octanol–water partition coefficient (Wildman–Crippen LogP) is 2.23. The van der Waals surface area contributed by atoms with Gasteiger partial charge >= 0.3 is 0 Å². The van der Waals surface area contributed by atoms with Crippen LogP contribution in [0.4, 0.5) is 5.69 Å². The molecule has 0 fully saturated rings. The molecule has 2 aromatic carbocycles. The maximum atomic E-state index is 12.3. The number of hydrogen-bond donors (Lipinski definition) is 1. The number of carbonyl (C=O) groups excluding carboxylic acids is 1. The molecule has 122 valence electrons. The maximum absolute atomic E-state index is 12.3. The maximum Gasteiger partial charge on any atom is 0.270 e. The first-order chi connectivity index (χ1) is 11.6. The van der Waals surface area contributed by atoms with Crippen LogP contribution in [0.25, 0.3) is 11.0 Å². The Hall–Kier alpha value is -2.55. The summed E-state index contributed by atoms with van der Waals surface area (Å²) in [5, 5.41) is 0.472. The lowest BCUT2D eigenvalue weighted by atomic mass is 10.2. The number of hydrogen-bond acceptors (Lipinski definition) is 5. The van der Waals surface area contributed by atoms with Crippen molar-refractivity contribution >= 4 is 45.5 Å². The molecule has 0 aliphatic carbocycles. The lowest BCUT2D eigenvalue weighted by molar-refractivity contribution is 0.0955. The van der Waals surface area contributed by atoms with Gasteiger partial charge in [-0.3, -0.25) is 24.4 Å². The van der Waals surface area contributed by atoms with E-state index in [-0.39, 0.29) is 11.3 Å². The SMILES string of the molecule is O=C(NN(c1cccc2nccnc12)S(=O)[O-])c1ccc(Cl)cc1. The van der Waals surface area contributed by atoms with Crippen molar-refractivity contribution in [1.82, 2.24) is 15.4 Å². The second kappa shape index (κ2) is 6.91. The van der Waals surface area contributed by atoms with E-state index < -0.39 is 17.2 Å². The van der Waals surface area contributed by atoms with Crippen LogP contribution in [0, 0.1) is 0 Å². The molecule has 0 saturated carbocycles. The summed E-state index contributed by atoms with van der Waals surface area (Å²) in [6, 6.07) is 10.9. The number of fused-ring (bicyclic) bond motifs is 1. The first kappa shape index (κ1) is 16.3. The second-order valence-corrected chi connectivity index (χ2v) is 5.90. The Balaban J connectivity index is 1.96. The van der Waals surface area contributed by atoms with Crippen molar-refractivity contribution in [2.45, 2.75) is 0 Å². The summed E-state index contributed by atoms with van der Waals surface area (Å²) in [6.07, 6.45) is 2.94. The van der Waals surface area contributed by atoms with Crippen molar-refractivity contribution < 1.29 is 13.6 Å². The molecule has 24 heavy (non-hydrogen) atoms. The lowest BCUT2D eigenvalue weighted by Gasteiger charge is -2.27. The number of hydrazine groups is 1. The monoisotopic (exact) mass is 361 g/mol. The third-order valence-corrected chi connectivity index (χ3v) is 3.99. The third kappa shape index (κ3) is 3.35. The number of para-hydroxylation sites is 1. The number of carbonyl (C=O) groups is 1. The number of anilines is 1. The van der Waals surface area contributed by atoms with E-state index in [9.17, 15) is 13.6 Å². The van der Waals surface area contributed by atoms with E-state index in [0.29, 0.717) is 20.5 Å². The molecule has 1 aromatic heterocycles. The second-order valence-electron chi connectivity index (χ2n) is 4.66. The summed E-state index contributed by atoms with van der Waals surface area (Å²) in [6.45, 7) is 0. The Morgan fingerprint density at radius 2 is 1.83 bits per heavy atom. The van der Waals surface area contributed by atoms with Gasteiger partial charge in [0, 0.05) is 23.0 Å². The highest BCUT2D eigenvalue weighted by atomic mass is 35.5. The molecule has 0 aliphatic rings. The van der Waals surface area contributed by atoms with E-state index in [1.807, 2.05) is 0 Å². The van der Waals surface area contributed by atoms with Gasteiger partial charge in [0.2, 0.25) is 0 Å². The van der Waals surface area contributed by atoms with Crippen molar-refractivity contribution in [3.05, 3.63) is 65.4 Å². The highest BCUT2D eigenvalue weighted by Crippen LogP contribution is 2.23. The van der Waals surface area contributed by atoms with Gasteiger partial charge in [-0.05, 0) is 36.4 Å². The van der Waals surface area contributed by atoms with Crippen molar-refractivity contribution in [3.63, 3.8) is 0 Å². The Morgan fingerprint density at radius 1 is 1.12 bits per heavy atom. The summed E-state index contributed by atoms with van der Waals surface area (Å²) in [5.41, 5.74) is 3.64. The Labute approximate surface area is 144 Å². The Kier molecular flexibility index (Phi) is 4.70. The lowest BCUT2D eigenvalue weighted by Crippen LogP contribution is -2.43. The van der Waals surface area contributed by atoms with Gasteiger partial charge in [-0.2, -0.15) is 0 Å². The molecule has 0 saturated heterocycles. The molecule has 1 N–H and O–H groups in total. The van der Waals surface area contributed by atoms with Gasteiger partial charge < -0.3 is 4.55 Å². The summed E-state index contributed by atoms with van der Waals surface area (Å²) < 4.78 is 23.9. The molecule has 9 heteroatoms. The van der Waals surface area contributed by atoms with E-state index in [2.05, 4.69) is 15.4 Å². The minimum atomic E-state index is -2.75. The van der Waals surface area contributed by atoms with E-state index in [1.54, 1.807) is 24.3 Å². The summed E-state index contributed by atoms with van der Waals surface area (Å²) in [4.78, 5) is 20.5. The summed E-state index contributed by atoms with van der Waals surface area (Å²) in [5.74, 6) is -0.600. The molecule has 3 aromatic rings. The average Bonchev–Trinajstić information content (AvgIpc) is 2.59. The molecule has 0 radical (unpaired) electrons. The van der Waals surface area contributed by atoms with Crippen LogP contribution in [-0.4, -0.2) is 24.6 Å². The van der Waals surface area contributed by atoms with E-state index in [4.69, 9.17) is 11.6 Å². The molecule has 7 nitrogen and oxygen atoms in total. The molecule has 1 amide bonds. The van der Waals surface area contributed by atoms with Gasteiger partial charge in [-0.15, -0.1) is 0 Å². The standard InChI is InChI=1S/C15H11ClN4O3S/c16-11-6-4-10(5-7-11)15(21)19-20(24(22)23)13-3-1-2-12-14(13)18-9-8-17-12/h1-9H,(H,19,21)(H,22,23)/p-1. The molecule has 1 heterocycles. The summed E-state index contributed by atoms with van der Waals surface area (Å²) >= 11 is 3.03. The minimum absolute atomic E-state index is 0.191. The number of amides is 1. The van der Waals surface area contributed by atoms with Gasteiger partial charge in [0.25, 0.3) is 5.91 Å². The number of halogens is 1. The molecule has 0 spiro atoms. The fourth-order valence-corrected chi connectivity index (χ4v) is 2.67. The highest BCUT2D eigenvalue weighted by molar-refractivity contribution is 7.80. The van der Waals surface area contributed by atoms with Gasteiger partial charge in [-0.25, -0.2) is 4.41 Å². The molecule has 1 unspecified atom stereocenters. The van der Waals surface area contributed by atoms with E-state index in [1.165, 1.54) is 30.6 Å². The van der Waals surface area contributed by atoms with Crippen LogP contribution in [-0.2, 0) is 11.3 Å². The number of aromatic nitrogens is 2. The first-order valence-electron chi connectivity index (χ1n) is 6.72. The van der Waals surface area contributed by atoms with Crippen LogP contribution >= 0.6 is 11.6 Å². The van der Waals surface area contributed by atoms with Crippen molar-refractivity contribution in [1.29, 1.82) is 0 Å². The van der Waals surface area contributed by atoms with Gasteiger partial charge in [0.05, 0.1) is 22.5 Å². The molecule has 3 rings (SSSR count). The minimum Gasteiger partial charge on any atom is -0.754 e. The molecule has 0 aliphatic heterocycles. The van der Waals surface area contributed by atoms with Gasteiger partial charge in [0.15, 0.2) is 0 Å². The smallest absolute Gasteiger partial charge is 0.270 e. The number of benzene rings is 2. The van der Waals surface area contributed by atoms with Crippen LogP contribution in [0.3, 0.4) is 0 Å². The topological polar surface area (TPSA) is 98.2 Å². The largest absolute Gasteiger partial charge is 0.754 e. The number of nitrogens with one attached hydrogen (secondary N) is 1. The zero-order valence-corrected chi connectivity index (χ0v) is 13.6. The zero-order chi connectivity index (χ0) is 17.1. The quantitative estimate of drug-likeness (QED) is 0.567. The third-order valence-electron chi connectivity index (χ3n) is 3.15. The molecule has 1 atom stereocenters. The highest BCUT2D eigenvalue weighted by Gasteiger charge is 2.16. The fourth-order valence-electron chi connectivity index (χ4n) is 2.08. The Morgan fingerprint density at radius 3 is 2.54 bits per heavy atom. The average molecular weight is 362 g/mol. The first-order valence-corrected chi connectivity index (χ1v) is 8.13. The van der Waals surface area contributed by atoms with Crippen LogP contribution < -0.4 is 9.84 Å². The van der Waals surface area contributed by atoms with Gasteiger partial charge in [0.1, 0.15) is 5.52 Å². The van der Waals surface area contributed by atoms with Crippen LogP contribution in [0.2, 0.25) is 5.02 Å².